The molecule has 0 saturated carbocycles. The van der Waals surface area contributed by atoms with Gasteiger partial charge in [-0.25, -0.2) is 4.98 Å². The van der Waals surface area contributed by atoms with Crippen molar-refractivity contribution in [1.82, 2.24) is 14.9 Å². The van der Waals surface area contributed by atoms with Gasteiger partial charge in [0.05, 0.1) is 12.0 Å². The van der Waals surface area contributed by atoms with Crippen molar-refractivity contribution >= 4 is 5.97 Å². The van der Waals surface area contributed by atoms with Gasteiger partial charge in [0, 0.05) is 11.8 Å². The van der Waals surface area contributed by atoms with Crippen LogP contribution in [0.3, 0.4) is 0 Å². The molecule has 1 aliphatic heterocycles. The number of esters is 1. The number of nitrogens with one attached hydrogen (secondary N) is 1. The Morgan fingerprint density at radius 3 is 2.52 bits per heavy atom. The molecule has 1 N–H and O–H groups in total. The molecule has 1 aromatic rings. The summed E-state index contributed by atoms with van der Waals surface area (Å²) in [5.74, 6) is 0.541. The van der Waals surface area contributed by atoms with Gasteiger partial charge in [-0.3, -0.25) is 14.5 Å². The number of ether oxygens (including phenoxy) is 1. The fourth-order valence-electron chi connectivity index (χ4n) is 2.88. The summed E-state index contributed by atoms with van der Waals surface area (Å²) < 4.78 is 5.47. The summed E-state index contributed by atoms with van der Waals surface area (Å²) in [5.41, 5.74) is 0.161. The van der Waals surface area contributed by atoms with Crippen molar-refractivity contribution in [1.29, 1.82) is 0 Å². The van der Waals surface area contributed by atoms with Crippen molar-refractivity contribution in [3.63, 3.8) is 0 Å². The average molecular weight is 321 g/mol. The van der Waals surface area contributed by atoms with Gasteiger partial charge in [-0.2, -0.15) is 0 Å². The van der Waals surface area contributed by atoms with Crippen LogP contribution in [0, 0.1) is 12.8 Å². The molecule has 6 nitrogen and oxygen atoms in total. The van der Waals surface area contributed by atoms with Crippen LogP contribution in [-0.4, -0.2) is 39.5 Å². The Morgan fingerprint density at radius 1 is 1.39 bits per heavy atom. The number of rotatable bonds is 3. The van der Waals surface area contributed by atoms with E-state index in [1.807, 2.05) is 34.6 Å². The van der Waals surface area contributed by atoms with Crippen LogP contribution in [0.2, 0.25) is 0 Å². The number of piperidine rings is 1. The Bertz CT molecular complexity index is 610. The Hall–Kier alpha value is -1.69. The molecule has 1 atom stereocenters. The minimum absolute atomic E-state index is 0.0298. The molecule has 1 aromatic heterocycles. The molecule has 1 saturated heterocycles. The van der Waals surface area contributed by atoms with Gasteiger partial charge in [-0.1, -0.05) is 0 Å². The molecular weight excluding hydrogens is 294 g/mol. The third kappa shape index (κ3) is 4.89. The van der Waals surface area contributed by atoms with Crippen LogP contribution in [0.4, 0.5) is 0 Å². The fraction of sp³-hybridized carbons (Fsp3) is 0.706. The summed E-state index contributed by atoms with van der Waals surface area (Å²) in [6, 6.07) is 1.52. The molecule has 0 aliphatic carbocycles. The quantitative estimate of drug-likeness (QED) is 0.864. The molecule has 0 spiro atoms. The predicted molar refractivity (Wildman–Crippen MR) is 88.2 cm³/mol. The number of hydrogen-bond acceptors (Lipinski definition) is 5. The number of carbonyl (C=O) groups is 1. The molecule has 1 fully saturated rings. The molecule has 128 valence electrons. The summed E-state index contributed by atoms with van der Waals surface area (Å²) in [7, 11) is 0. The highest BCUT2D eigenvalue weighted by Gasteiger charge is 2.31. The number of likely N-dealkylation sites (tertiary alicyclic amines) is 1. The molecule has 0 aromatic carbocycles. The summed E-state index contributed by atoms with van der Waals surface area (Å²) in [6.07, 6.45) is 1.55. The van der Waals surface area contributed by atoms with Gasteiger partial charge >= 0.3 is 5.97 Å². The zero-order chi connectivity index (χ0) is 17.2. The summed E-state index contributed by atoms with van der Waals surface area (Å²) in [5, 5.41) is 0. The lowest BCUT2D eigenvalue weighted by molar-refractivity contribution is -0.161. The van der Waals surface area contributed by atoms with Gasteiger partial charge in [0.15, 0.2) is 0 Å². The second kappa shape index (κ2) is 6.83. The lowest BCUT2D eigenvalue weighted by atomic mass is 9.95. The smallest absolute Gasteiger partial charge is 0.309 e. The zero-order valence-corrected chi connectivity index (χ0v) is 14.7. The van der Waals surface area contributed by atoms with Crippen molar-refractivity contribution in [2.45, 2.75) is 59.1 Å². The number of aromatic amines is 1. The van der Waals surface area contributed by atoms with Gasteiger partial charge in [0.2, 0.25) is 0 Å². The van der Waals surface area contributed by atoms with E-state index in [2.05, 4.69) is 14.9 Å². The monoisotopic (exact) mass is 321 g/mol. The first kappa shape index (κ1) is 17.7. The molecule has 1 unspecified atom stereocenters. The molecule has 0 bridgehead atoms. The van der Waals surface area contributed by atoms with E-state index in [-0.39, 0.29) is 23.5 Å². The number of nitrogens with zero attached hydrogens (tertiary/aromatic N) is 2. The van der Waals surface area contributed by atoms with E-state index in [1.54, 1.807) is 0 Å². The van der Waals surface area contributed by atoms with Gasteiger partial charge in [-0.05, 0) is 60.5 Å². The third-order valence-electron chi connectivity index (χ3n) is 4.10. The standard InChI is InChI=1S/C17H27N3O3/c1-11-10-14(21)19-15(18-11)12(2)20-8-6-13(7-9-20)16(22)23-17(3,4)5/h10,12-13H,6-9H2,1-5H3,(H,18,19,21). The molecule has 23 heavy (non-hydrogen) atoms. The van der Waals surface area contributed by atoms with Crippen LogP contribution in [0.5, 0.6) is 0 Å². The van der Waals surface area contributed by atoms with Crippen LogP contribution in [0.15, 0.2) is 10.9 Å². The number of H-pyrrole nitrogens is 1. The molecule has 0 amide bonds. The van der Waals surface area contributed by atoms with Gasteiger partial charge < -0.3 is 9.72 Å². The van der Waals surface area contributed by atoms with E-state index in [9.17, 15) is 9.59 Å². The maximum absolute atomic E-state index is 12.1. The number of carbonyl (C=O) groups excluding carboxylic acids is 1. The van der Waals surface area contributed by atoms with Crippen molar-refractivity contribution in [2.75, 3.05) is 13.1 Å². The van der Waals surface area contributed by atoms with E-state index >= 15 is 0 Å². The maximum atomic E-state index is 12.1. The number of hydrogen-bond donors (Lipinski definition) is 1. The van der Waals surface area contributed by atoms with Crippen LogP contribution >= 0.6 is 0 Å². The van der Waals surface area contributed by atoms with Crippen LogP contribution in [0.25, 0.3) is 0 Å². The predicted octanol–water partition coefficient (Wildman–Crippen LogP) is 2.19. The first-order chi connectivity index (χ1) is 10.7. The van der Waals surface area contributed by atoms with Crippen molar-refractivity contribution < 1.29 is 9.53 Å². The van der Waals surface area contributed by atoms with Crippen LogP contribution < -0.4 is 5.56 Å². The number of aryl methyl sites for hydroxylation is 1. The Labute approximate surface area is 137 Å². The van der Waals surface area contributed by atoms with E-state index in [0.717, 1.165) is 31.6 Å². The summed E-state index contributed by atoms with van der Waals surface area (Å²) in [6.45, 7) is 11.1. The highest BCUT2D eigenvalue weighted by Crippen LogP contribution is 2.26. The first-order valence-electron chi connectivity index (χ1n) is 8.20. The lowest BCUT2D eigenvalue weighted by Gasteiger charge is -2.35. The maximum Gasteiger partial charge on any atom is 0.309 e. The van der Waals surface area contributed by atoms with Gasteiger partial charge in [0.1, 0.15) is 11.4 Å². The van der Waals surface area contributed by atoms with Crippen LogP contribution in [0.1, 0.15) is 58.1 Å². The van der Waals surface area contributed by atoms with Crippen molar-refractivity contribution in [3.05, 3.63) is 27.9 Å². The average Bonchev–Trinajstić information content (AvgIpc) is 2.44. The molecule has 2 heterocycles. The molecular formula is C17H27N3O3. The highest BCUT2D eigenvalue weighted by atomic mass is 16.6. The molecule has 1 aliphatic rings. The first-order valence-corrected chi connectivity index (χ1v) is 8.20. The normalized spacial score (nSPS) is 18.7. The van der Waals surface area contributed by atoms with Crippen molar-refractivity contribution in [3.8, 4) is 0 Å². The molecule has 0 radical (unpaired) electrons. The minimum atomic E-state index is -0.438. The second-order valence-corrected chi connectivity index (χ2v) is 7.29. The zero-order valence-electron chi connectivity index (χ0n) is 14.7. The SMILES string of the molecule is Cc1cc(=O)[nH]c(C(C)N2CCC(C(=O)OC(C)(C)C)CC2)n1. The molecule has 2 rings (SSSR count). The van der Waals surface area contributed by atoms with Gasteiger partial charge in [0.25, 0.3) is 5.56 Å². The van der Waals surface area contributed by atoms with E-state index < -0.39 is 5.60 Å². The Balaban J connectivity index is 1.96. The van der Waals surface area contributed by atoms with Gasteiger partial charge in [-0.15, -0.1) is 0 Å². The van der Waals surface area contributed by atoms with E-state index in [0.29, 0.717) is 5.82 Å². The van der Waals surface area contributed by atoms with Crippen molar-refractivity contribution in [2.24, 2.45) is 5.92 Å². The second-order valence-electron chi connectivity index (χ2n) is 7.29. The largest absolute Gasteiger partial charge is 0.460 e. The third-order valence-corrected chi connectivity index (χ3v) is 4.10. The Kier molecular flexibility index (Phi) is 5.24. The fourth-order valence-corrected chi connectivity index (χ4v) is 2.88. The highest BCUT2D eigenvalue weighted by molar-refractivity contribution is 5.73. The summed E-state index contributed by atoms with van der Waals surface area (Å²) >= 11 is 0. The minimum Gasteiger partial charge on any atom is -0.460 e. The topological polar surface area (TPSA) is 75.3 Å². The Morgan fingerprint density at radius 2 is 2.00 bits per heavy atom. The lowest BCUT2D eigenvalue weighted by Crippen LogP contribution is -2.40. The van der Waals surface area contributed by atoms with Crippen LogP contribution in [-0.2, 0) is 9.53 Å². The van der Waals surface area contributed by atoms with E-state index in [1.165, 1.54) is 6.07 Å². The molecule has 6 heteroatoms. The van der Waals surface area contributed by atoms with E-state index in [4.69, 9.17) is 4.74 Å². The summed E-state index contributed by atoms with van der Waals surface area (Å²) in [4.78, 5) is 33.2. The number of aromatic nitrogens is 2.